The predicted molar refractivity (Wildman–Crippen MR) is 101 cm³/mol. The van der Waals surface area contributed by atoms with Crippen molar-refractivity contribution in [3.63, 3.8) is 0 Å². The lowest BCUT2D eigenvalue weighted by Gasteiger charge is -2.11. The van der Waals surface area contributed by atoms with E-state index < -0.39 is 0 Å². The van der Waals surface area contributed by atoms with Crippen molar-refractivity contribution in [3.05, 3.63) is 60.2 Å². The summed E-state index contributed by atoms with van der Waals surface area (Å²) in [5.74, 6) is 2.01. The van der Waals surface area contributed by atoms with Gasteiger partial charge in [0.15, 0.2) is 29.6 Å². The molecule has 1 N–H and O–H groups in total. The summed E-state index contributed by atoms with van der Waals surface area (Å²) in [6.45, 7) is 3.73. The third-order valence-electron chi connectivity index (χ3n) is 3.77. The van der Waals surface area contributed by atoms with Gasteiger partial charge in [-0.15, -0.1) is 6.58 Å². The zero-order valence-electron chi connectivity index (χ0n) is 14.9. The first-order valence-electron chi connectivity index (χ1n) is 8.32. The molecule has 0 radical (unpaired) electrons. The number of methoxy groups -OCH3 is 1. The van der Waals surface area contributed by atoms with Crippen LogP contribution < -0.4 is 24.4 Å². The third kappa shape index (κ3) is 4.78. The van der Waals surface area contributed by atoms with Gasteiger partial charge in [0.05, 0.1) is 13.3 Å². The van der Waals surface area contributed by atoms with Crippen LogP contribution in [0.5, 0.6) is 23.0 Å². The Kier molecular flexibility index (Phi) is 5.94. The number of nitrogens with zero attached hydrogens (tertiary/aromatic N) is 1. The molecule has 1 amide bonds. The van der Waals surface area contributed by atoms with Crippen molar-refractivity contribution in [3.8, 4) is 23.0 Å². The van der Waals surface area contributed by atoms with Gasteiger partial charge in [0.25, 0.3) is 5.91 Å². The summed E-state index contributed by atoms with van der Waals surface area (Å²) < 4.78 is 21.3. The molecular formula is C20H20N2O5. The van der Waals surface area contributed by atoms with E-state index in [1.165, 1.54) is 6.21 Å². The second-order valence-corrected chi connectivity index (χ2v) is 5.67. The van der Waals surface area contributed by atoms with Crippen molar-refractivity contribution in [1.29, 1.82) is 0 Å². The average Bonchev–Trinajstić information content (AvgIpc) is 3.15. The quantitative estimate of drug-likeness (QED) is 0.440. The molecule has 0 atom stereocenters. The van der Waals surface area contributed by atoms with Gasteiger partial charge in [0.2, 0.25) is 6.79 Å². The van der Waals surface area contributed by atoms with Crippen LogP contribution in [0.2, 0.25) is 0 Å². The van der Waals surface area contributed by atoms with Gasteiger partial charge in [-0.25, -0.2) is 5.43 Å². The molecule has 1 aliphatic rings. The fourth-order valence-electron chi connectivity index (χ4n) is 2.47. The maximum Gasteiger partial charge on any atom is 0.277 e. The summed E-state index contributed by atoms with van der Waals surface area (Å²) >= 11 is 0. The summed E-state index contributed by atoms with van der Waals surface area (Å²) in [5.41, 5.74) is 4.24. The van der Waals surface area contributed by atoms with Crippen LogP contribution in [0.15, 0.2) is 54.2 Å². The number of carbonyl (C=O) groups is 1. The Morgan fingerprint density at radius 1 is 1.22 bits per heavy atom. The Hall–Kier alpha value is -3.48. The molecule has 0 aliphatic carbocycles. The van der Waals surface area contributed by atoms with Gasteiger partial charge in [0.1, 0.15) is 0 Å². The molecule has 0 spiro atoms. The highest BCUT2D eigenvalue weighted by molar-refractivity contribution is 5.83. The second-order valence-electron chi connectivity index (χ2n) is 5.67. The van der Waals surface area contributed by atoms with E-state index in [2.05, 4.69) is 17.1 Å². The number of benzene rings is 2. The van der Waals surface area contributed by atoms with Crippen molar-refractivity contribution < 1.29 is 23.7 Å². The van der Waals surface area contributed by atoms with Crippen molar-refractivity contribution in [1.82, 2.24) is 5.43 Å². The van der Waals surface area contributed by atoms with Gasteiger partial charge in [-0.1, -0.05) is 12.1 Å². The van der Waals surface area contributed by atoms with E-state index in [9.17, 15) is 4.79 Å². The highest BCUT2D eigenvalue weighted by Crippen LogP contribution is 2.32. The van der Waals surface area contributed by atoms with Crippen LogP contribution in [-0.4, -0.2) is 32.6 Å². The monoisotopic (exact) mass is 368 g/mol. The molecule has 0 saturated heterocycles. The number of rotatable bonds is 8. The molecule has 7 nitrogen and oxygen atoms in total. The smallest absolute Gasteiger partial charge is 0.277 e. The summed E-state index contributed by atoms with van der Waals surface area (Å²) in [4.78, 5) is 11.9. The van der Waals surface area contributed by atoms with Crippen LogP contribution >= 0.6 is 0 Å². The molecule has 0 unspecified atom stereocenters. The fraction of sp³-hybridized carbons (Fsp3) is 0.200. The van der Waals surface area contributed by atoms with Gasteiger partial charge in [-0.05, 0) is 47.9 Å². The normalized spacial score (nSPS) is 12.0. The number of allylic oxidation sites excluding steroid dienone is 1. The average molecular weight is 368 g/mol. The molecule has 0 bridgehead atoms. The maximum atomic E-state index is 11.9. The Labute approximate surface area is 157 Å². The lowest BCUT2D eigenvalue weighted by Crippen LogP contribution is -2.24. The minimum atomic E-state index is -0.385. The number of fused-ring (bicyclic) bond motifs is 1. The van der Waals surface area contributed by atoms with E-state index in [1.807, 2.05) is 18.2 Å². The molecule has 3 rings (SSSR count). The van der Waals surface area contributed by atoms with Crippen molar-refractivity contribution in [2.45, 2.75) is 6.42 Å². The van der Waals surface area contributed by atoms with E-state index in [4.69, 9.17) is 18.9 Å². The minimum Gasteiger partial charge on any atom is -0.493 e. The number of carbonyl (C=O) groups excluding carboxylic acids is 1. The molecule has 140 valence electrons. The summed E-state index contributed by atoms with van der Waals surface area (Å²) in [7, 11) is 1.55. The van der Waals surface area contributed by atoms with Crippen LogP contribution in [0.1, 0.15) is 11.1 Å². The van der Waals surface area contributed by atoms with E-state index in [0.717, 1.165) is 17.5 Å². The van der Waals surface area contributed by atoms with Crippen LogP contribution in [0.25, 0.3) is 0 Å². The number of hydrogen-bond donors (Lipinski definition) is 1. The Bertz CT molecular complexity index is 863. The standard InChI is InChI=1S/C20H20N2O5/c1-3-4-14-5-7-16(18(9-14)24-2)25-12-20(23)22-21-11-15-6-8-17-19(10-15)27-13-26-17/h3,5-11H,1,4,12-13H2,2H3,(H,22,23). The molecule has 7 heteroatoms. The second kappa shape index (κ2) is 8.75. The number of hydrazone groups is 1. The summed E-state index contributed by atoms with van der Waals surface area (Å²) in [6.07, 6.45) is 4.05. The highest BCUT2D eigenvalue weighted by atomic mass is 16.7. The first-order valence-corrected chi connectivity index (χ1v) is 8.32. The topological polar surface area (TPSA) is 78.4 Å². The van der Waals surface area contributed by atoms with Crippen molar-refractivity contribution >= 4 is 12.1 Å². The Morgan fingerprint density at radius 2 is 2.07 bits per heavy atom. The molecule has 0 fully saturated rings. The van der Waals surface area contributed by atoms with Gasteiger partial charge in [-0.2, -0.15) is 5.10 Å². The molecule has 1 heterocycles. The summed E-state index contributed by atoms with van der Waals surface area (Å²) in [5, 5.41) is 3.92. The Morgan fingerprint density at radius 3 is 2.89 bits per heavy atom. The van der Waals surface area contributed by atoms with Crippen LogP contribution in [0.4, 0.5) is 0 Å². The molecular weight excluding hydrogens is 348 g/mol. The summed E-state index contributed by atoms with van der Waals surface area (Å²) in [6, 6.07) is 10.9. The van der Waals surface area contributed by atoms with E-state index in [-0.39, 0.29) is 19.3 Å². The third-order valence-corrected chi connectivity index (χ3v) is 3.77. The molecule has 27 heavy (non-hydrogen) atoms. The number of nitrogens with one attached hydrogen (secondary N) is 1. The van der Waals surface area contributed by atoms with Gasteiger partial charge in [-0.3, -0.25) is 4.79 Å². The van der Waals surface area contributed by atoms with Crippen LogP contribution in [-0.2, 0) is 11.2 Å². The SMILES string of the molecule is C=CCc1ccc(OCC(=O)NN=Cc2ccc3c(c2)OCO3)c(OC)c1. The molecule has 2 aromatic carbocycles. The molecule has 0 aromatic heterocycles. The predicted octanol–water partition coefficient (Wildman–Crippen LogP) is 2.68. The first-order chi connectivity index (χ1) is 13.2. The van der Waals surface area contributed by atoms with Crippen LogP contribution in [0.3, 0.4) is 0 Å². The highest BCUT2D eigenvalue weighted by Gasteiger charge is 2.12. The lowest BCUT2D eigenvalue weighted by atomic mass is 10.1. The number of ether oxygens (including phenoxy) is 4. The Balaban J connectivity index is 1.51. The molecule has 0 saturated carbocycles. The van der Waals surface area contributed by atoms with E-state index in [0.29, 0.717) is 23.0 Å². The van der Waals surface area contributed by atoms with Crippen molar-refractivity contribution in [2.24, 2.45) is 5.10 Å². The largest absolute Gasteiger partial charge is 0.493 e. The van der Waals surface area contributed by atoms with E-state index in [1.54, 1.807) is 31.4 Å². The fourth-order valence-corrected chi connectivity index (χ4v) is 2.47. The van der Waals surface area contributed by atoms with Crippen LogP contribution in [0, 0.1) is 0 Å². The first kappa shape index (κ1) is 18.3. The van der Waals surface area contributed by atoms with Crippen molar-refractivity contribution in [2.75, 3.05) is 20.5 Å². The van der Waals surface area contributed by atoms with E-state index >= 15 is 0 Å². The number of amides is 1. The molecule has 1 aliphatic heterocycles. The molecule has 2 aromatic rings. The van der Waals surface area contributed by atoms with Gasteiger partial charge < -0.3 is 18.9 Å². The van der Waals surface area contributed by atoms with Gasteiger partial charge in [0, 0.05) is 0 Å². The van der Waals surface area contributed by atoms with Gasteiger partial charge >= 0.3 is 0 Å². The maximum absolute atomic E-state index is 11.9. The lowest BCUT2D eigenvalue weighted by molar-refractivity contribution is -0.123. The number of hydrogen-bond acceptors (Lipinski definition) is 6. The zero-order chi connectivity index (χ0) is 19.1. The zero-order valence-corrected chi connectivity index (χ0v) is 14.9. The minimum absolute atomic E-state index is 0.185.